The molecule has 0 aromatic heterocycles. The number of nitrogen functional groups attached to an aromatic ring is 1. The summed E-state index contributed by atoms with van der Waals surface area (Å²) in [5.74, 6) is 0.692. The minimum absolute atomic E-state index is 0.0384. The summed E-state index contributed by atoms with van der Waals surface area (Å²) in [7, 11) is 0. The third-order valence-corrected chi connectivity index (χ3v) is 3.80. The number of ether oxygens (including phenoxy) is 1. The van der Waals surface area contributed by atoms with E-state index in [-0.39, 0.29) is 5.91 Å². The van der Waals surface area contributed by atoms with Gasteiger partial charge < -0.3 is 15.4 Å². The molecule has 0 saturated carbocycles. The van der Waals surface area contributed by atoms with Gasteiger partial charge in [0, 0.05) is 18.7 Å². The van der Waals surface area contributed by atoms with Crippen molar-refractivity contribution >= 4 is 17.3 Å². The van der Waals surface area contributed by atoms with Crippen molar-refractivity contribution in [2.24, 2.45) is 0 Å². The molecule has 1 atom stereocenters. The largest absolute Gasteiger partial charge is 0.478 e. The molecule has 2 N–H and O–H groups in total. The molecular weight excluding hydrogens is 288 g/mol. The summed E-state index contributed by atoms with van der Waals surface area (Å²) in [4.78, 5) is 14.6. The highest BCUT2D eigenvalue weighted by Crippen LogP contribution is 2.34. The first-order valence-corrected chi connectivity index (χ1v) is 7.60. The molecule has 23 heavy (non-hydrogen) atoms. The lowest BCUT2D eigenvalue weighted by atomic mass is 10.0. The number of hydrogen-bond acceptors (Lipinski definition) is 3. The quantitative estimate of drug-likeness (QED) is 0.697. The third-order valence-electron chi connectivity index (χ3n) is 3.80. The molecule has 0 saturated heterocycles. The van der Waals surface area contributed by atoms with Crippen LogP contribution in [0.3, 0.4) is 0 Å². The average Bonchev–Trinajstić information content (AvgIpc) is 2.53. The Hall–Kier alpha value is -2.75. The average molecular weight is 308 g/mol. The molecule has 0 spiro atoms. The summed E-state index contributed by atoms with van der Waals surface area (Å²) < 4.78 is 5.94. The van der Waals surface area contributed by atoms with Crippen molar-refractivity contribution in [3.05, 3.63) is 66.2 Å². The molecule has 1 amide bonds. The minimum atomic E-state index is -0.534. The van der Waals surface area contributed by atoms with Crippen LogP contribution in [0.5, 0.6) is 5.75 Å². The Labute approximate surface area is 136 Å². The van der Waals surface area contributed by atoms with Crippen LogP contribution in [0.4, 0.5) is 11.4 Å². The van der Waals surface area contributed by atoms with Gasteiger partial charge in [0.2, 0.25) is 0 Å². The van der Waals surface area contributed by atoms with Crippen molar-refractivity contribution in [1.29, 1.82) is 0 Å². The molecule has 4 nitrogen and oxygen atoms in total. The molecule has 3 rings (SSSR count). The highest BCUT2D eigenvalue weighted by Gasteiger charge is 2.34. The highest BCUT2D eigenvalue weighted by molar-refractivity contribution is 6.00. The molecule has 0 aliphatic carbocycles. The Bertz CT molecular complexity index is 737. The fraction of sp³-hybridized carbons (Fsp3) is 0.211. The van der Waals surface area contributed by atoms with Crippen LogP contribution < -0.4 is 15.4 Å². The summed E-state index contributed by atoms with van der Waals surface area (Å²) >= 11 is 0. The summed E-state index contributed by atoms with van der Waals surface area (Å²) in [6.45, 7) is 6.34. The molecule has 118 valence electrons. The number of fused-ring (bicyclic) bond motifs is 1. The zero-order valence-electron chi connectivity index (χ0n) is 13.2. The van der Waals surface area contributed by atoms with Crippen LogP contribution in [0.25, 0.3) is 0 Å². The predicted octanol–water partition coefficient (Wildman–Crippen LogP) is 3.18. The Morgan fingerprint density at radius 1 is 1.22 bits per heavy atom. The van der Waals surface area contributed by atoms with Crippen LogP contribution in [0, 0.1) is 0 Å². The van der Waals surface area contributed by atoms with Gasteiger partial charge in [-0.15, -0.1) is 0 Å². The van der Waals surface area contributed by atoms with E-state index in [1.165, 1.54) is 0 Å². The number of nitrogens with two attached hydrogens (primary N) is 1. The maximum absolute atomic E-state index is 12.8. The third kappa shape index (κ3) is 3.21. The van der Waals surface area contributed by atoms with E-state index in [4.69, 9.17) is 10.5 Å². The van der Waals surface area contributed by atoms with Gasteiger partial charge in [-0.2, -0.15) is 0 Å². The topological polar surface area (TPSA) is 55.6 Å². The van der Waals surface area contributed by atoms with Crippen molar-refractivity contribution in [3.8, 4) is 5.75 Å². The first-order valence-electron chi connectivity index (χ1n) is 7.60. The van der Waals surface area contributed by atoms with E-state index in [2.05, 4.69) is 6.58 Å². The lowest BCUT2D eigenvalue weighted by molar-refractivity contribution is -0.126. The van der Waals surface area contributed by atoms with Gasteiger partial charge in [0.25, 0.3) is 5.91 Å². The zero-order chi connectivity index (χ0) is 16.4. The summed E-state index contributed by atoms with van der Waals surface area (Å²) in [6, 6.07) is 15.1. The van der Waals surface area contributed by atoms with Gasteiger partial charge in [0.05, 0.1) is 5.69 Å². The van der Waals surface area contributed by atoms with Crippen LogP contribution in [-0.4, -0.2) is 18.6 Å². The number of nitrogens with zero attached hydrogens (tertiary/aromatic N) is 1. The summed E-state index contributed by atoms with van der Waals surface area (Å²) in [6.07, 6.45) is -0.0203. The maximum atomic E-state index is 12.8. The molecule has 0 bridgehead atoms. The summed E-state index contributed by atoms with van der Waals surface area (Å²) in [5, 5.41) is 0. The van der Waals surface area contributed by atoms with Crippen molar-refractivity contribution in [2.45, 2.75) is 19.4 Å². The van der Waals surface area contributed by atoms with E-state index in [0.717, 1.165) is 22.6 Å². The lowest BCUT2D eigenvalue weighted by Gasteiger charge is -2.34. The van der Waals surface area contributed by atoms with Gasteiger partial charge in [-0.05, 0) is 36.8 Å². The molecular formula is C19H20N2O2. The standard InChI is InChI=1S/C19H20N2O2/c1-13(2)12-21-16-5-3-4-6-17(16)23-18(19(21)22)11-14-7-9-15(20)10-8-14/h3-10,18H,1,11-12,20H2,2H3. The number of amides is 1. The van der Waals surface area contributed by atoms with Crippen LogP contribution >= 0.6 is 0 Å². The molecule has 0 radical (unpaired) electrons. The number of carbonyl (C=O) groups is 1. The van der Waals surface area contributed by atoms with Crippen molar-refractivity contribution < 1.29 is 9.53 Å². The molecule has 1 heterocycles. The van der Waals surface area contributed by atoms with Gasteiger partial charge in [0.1, 0.15) is 5.75 Å². The number of rotatable bonds is 4. The summed E-state index contributed by atoms with van der Waals surface area (Å²) in [5.41, 5.74) is 9.17. The fourth-order valence-corrected chi connectivity index (χ4v) is 2.71. The van der Waals surface area contributed by atoms with Gasteiger partial charge in [-0.3, -0.25) is 4.79 Å². The second-order valence-corrected chi connectivity index (χ2v) is 5.90. The number of anilines is 2. The van der Waals surface area contributed by atoms with E-state index < -0.39 is 6.10 Å². The maximum Gasteiger partial charge on any atom is 0.268 e. The van der Waals surface area contributed by atoms with Crippen LogP contribution in [-0.2, 0) is 11.2 Å². The normalized spacial score (nSPS) is 16.7. The van der Waals surface area contributed by atoms with E-state index in [1.54, 1.807) is 4.90 Å². The number of para-hydroxylation sites is 2. The predicted molar refractivity (Wildman–Crippen MR) is 92.6 cm³/mol. The van der Waals surface area contributed by atoms with Crippen LogP contribution in [0.2, 0.25) is 0 Å². The molecule has 0 fully saturated rings. The van der Waals surface area contributed by atoms with E-state index in [1.807, 2.05) is 55.5 Å². The second-order valence-electron chi connectivity index (χ2n) is 5.90. The van der Waals surface area contributed by atoms with E-state index in [9.17, 15) is 4.79 Å². The smallest absolute Gasteiger partial charge is 0.268 e. The van der Waals surface area contributed by atoms with E-state index in [0.29, 0.717) is 18.7 Å². The number of benzene rings is 2. The first kappa shape index (κ1) is 15.2. The molecule has 2 aromatic rings. The van der Waals surface area contributed by atoms with Crippen molar-refractivity contribution in [2.75, 3.05) is 17.2 Å². The van der Waals surface area contributed by atoms with Crippen molar-refractivity contribution in [1.82, 2.24) is 0 Å². The fourth-order valence-electron chi connectivity index (χ4n) is 2.71. The highest BCUT2D eigenvalue weighted by atomic mass is 16.5. The van der Waals surface area contributed by atoms with Gasteiger partial charge >= 0.3 is 0 Å². The number of carbonyl (C=O) groups excluding carboxylic acids is 1. The zero-order valence-corrected chi connectivity index (χ0v) is 13.2. The van der Waals surface area contributed by atoms with E-state index >= 15 is 0 Å². The molecule has 2 aromatic carbocycles. The number of hydrogen-bond donors (Lipinski definition) is 1. The molecule has 1 aliphatic rings. The minimum Gasteiger partial charge on any atom is -0.478 e. The van der Waals surface area contributed by atoms with Gasteiger partial charge in [-0.1, -0.05) is 36.4 Å². The first-order chi connectivity index (χ1) is 11.0. The molecule has 1 aliphatic heterocycles. The SMILES string of the molecule is C=C(C)CN1C(=O)C(Cc2ccc(N)cc2)Oc2ccccc21. The second kappa shape index (κ2) is 6.16. The van der Waals surface area contributed by atoms with Gasteiger partial charge in [-0.25, -0.2) is 0 Å². The Balaban J connectivity index is 1.89. The van der Waals surface area contributed by atoms with Gasteiger partial charge in [0.15, 0.2) is 6.10 Å². The van der Waals surface area contributed by atoms with Crippen LogP contribution in [0.1, 0.15) is 12.5 Å². The molecule has 1 unspecified atom stereocenters. The van der Waals surface area contributed by atoms with Crippen molar-refractivity contribution in [3.63, 3.8) is 0 Å². The Morgan fingerprint density at radius 2 is 1.91 bits per heavy atom. The lowest BCUT2D eigenvalue weighted by Crippen LogP contribution is -2.47. The monoisotopic (exact) mass is 308 g/mol. The Kier molecular flexibility index (Phi) is 4.06. The van der Waals surface area contributed by atoms with Crippen LogP contribution in [0.15, 0.2) is 60.7 Å². The Morgan fingerprint density at radius 3 is 2.61 bits per heavy atom. The molecule has 4 heteroatoms.